The van der Waals surface area contributed by atoms with Gasteiger partial charge in [-0.3, -0.25) is 14.8 Å². The van der Waals surface area contributed by atoms with E-state index in [0.29, 0.717) is 23.5 Å². The Morgan fingerprint density at radius 2 is 2.10 bits per heavy atom. The molecule has 7 nitrogen and oxygen atoms in total. The number of aromatic nitrogens is 3. The number of rotatable bonds is 7. The van der Waals surface area contributed by atoms with Gasteiger partial charge in [-0.1, -0.05) is 19.8 Å². The van der Waals surface area contributed by atoms with E-state index in [1.165, 1.54) is 18.3 Å². The minimum Gasteiger partial charge on any atom is -0.491 e. The number of thiocarbonyl (C=S) groups is 1. The first-order valence-electron chi connectivity index (χ1n) is 9.73. The summed E-state index contributed by atoms with van der Waals surface area (Å²) in [7, 11) is 1.79. The van der Waals surface area contributed by atoms with Gasteiger partial charge < -0.3 is 10.1 Å². The average Bonchev–Trinajstić information content (AvgIpc) is 3.00. The summed E-state index contributed by atoms with van der Waals surface area (Å²) >= 11 is 5.18. The zero-order chi connectivity index (χ0) is 21.7. The highest BCUT2D eigenvalue weighted by Gasteiger charge is 2.13. The van der Waals surface area contributed by atoms with Gasteiger partial charge in [0.25, 0.3) is 5.91 Å². The molecule has 0 spiro atoms. The third-order valence-corrected chi connectivity index (χ3v) is 4.75. The van der Waals surface area contributed by atoms with Gasteiger partial charge in [0.2, 0.25) is 0 Å². The first-order chi connectivity index (χ1) is 14.4. The lowest BCUT2D eigenvalue weighted by molar-refractivity contribution is 0.0977. The van der Waals surface area contributed by atoms with Crippen LogP contribution in [0.5, 0.6) is 5.75 Å². The SMILES string of the molecule is CCCCCOc1ccc(NC(=S)NC(=O)c2cnc3c(c2)c(C)nn3C)cc1F. The minimum atomic E-state index is -0.493. The van der Waals surface area contributed by atoms with Gasteiger partial charge in [0, 0.05) is 30.4 Å². The molecule has 0 atom stereocenters. The number of unbranched alkanes of at least 4 members (excludes halogenated alkanes) is 2. The number of hydrogen-bond donors (Lipinski definition) is 2. The van der Waals surface area contributed by atoms with Crippen molar-refractivity contribution in [2.24, 2.45) is 7.05 Å². The number of fused-ring (bicyclic) bond motifs is 1. The highest BCUT2D eigenvalue weighted by Crippen LogP contribution is 2.22. The molecule has 0 fully saturated rings. The summed E-state index contributed by atoms with van der Waals surface area (Å²) in [6.07, 6.45) is 4.46. The fraction of sp³-hybridized carbons (Fsp3) is 0.333. The summed E-state index contributed by atoms with van der Waals surface area (Å²) in [5.74, 6) is -0.716. The second-order valence-electron chi connectivity index (χ2n) is 6.91. The number of amides is 1. The van der Waals surface area contributed by atoms with Gasteiger partial charge in [-0.25, -0.2) is 9.37 Å². The maximum atomic E-state index is 14.2. The summed E-state index contributed by atoms with van der Waals surface area (Å²) in [4.78, 5) is 16.8. The molecule has 158 valence electrons. The van der Waals surface area contributed by atoms with Crippen molar-refractivity contribution in [1.82, 2.24) is 20.1 Å². The lowest BCUT2D eigenvalue weighted by Crippen LogP contribution is -2.34. The van der Waals surface area contributed by atoms with E-state index < -0.39 is 11.7 Å². The van der Waals surface area contributed by atoms with Gasteiger partial charge in [0.05, 0.1) is 17.9 Å². The first-order valence-corrected chi connectivity index (χ1v) is 10.1. The molecule has 9 heteroatoms. The smallest absolute Gasteiger partial charge is 0.259 e. The number of carbonyl (C=O) groups is 1. The van der Waals surface area contributed by atoms with Crippen LogP contribution >= 0.6 is 12.2 Å². The van der Waals surface area contributed by atoms with Gasteiger partial charge in [-0.2, -0.15) is 5.10 Å². The molecule has 0 bridgehead atoms. The van der Waals surface area contributed by atoms with Gasteiger partial charge in [0.15, 0.2) is 22.3 Å². The van der Waals surface area contributed by atoms with Crippen molar-refractivity contribution in [3.63, 3.8) is 0 Å². The largest absolute Gasteiger partial charge is 0.491 e. The van der Waals surface area contributed by atoms with E-state index in [1.54, 1.807) is 23.9 Å². The van der Waals surface area contributed by atoms with Crippen molar-refractivity contribution in [2.75, 3.05) is 11.9 Å². The molecule has 3 aromatic rings. The quantitative estimate of drug-likeness (QED) is 0.435. The van der Waals surface area contributed by atoms with Crippen LogP contribution in [0.1, 0.15) is 42.2 Å². The molecule has 2 N–H and O–H groups in total. The Hall–Kier alpha value is -3.07. The van der Waals surface area contributed by atoms with Gasteiger partial charge in [0.1, 0.15) is 0 Å². The topological polar surface area (TPSA) is 81.1 Å². The van der Waals surface area contributed by atoms with Crippen molar-refractivity contribution in [3.05, 3.63) is 47.5 Å². The Morgan fingerprint density at radius 1 is 1.30 bits per heavy atom. The molecule has 0 aliphatic rings. The van der Waals surface area contributed by atoms with Crippen molar-refractivity contribution >= 4 is 40.0 Å². The van der Waals surface area contributed by atoms with E-state index in [-0.39, 0.29) is 10.9 Å². The van der Waals surface area contributed by atoms with Gasteiger partial charge >= 0.3 is 0 Å². The number of halogens is 1. The Kier molecular flexibility index (Phi) is 6.94. The standard InChI is InChI=1S/C21H24FN5O2S/c1-4-5-6-9-29-18-8-7-15(11-17(18)22)24-21(30)25-20(28)14-10-16-13(2)26-27(3)19(16)23-12-14/h7-8,10-12H,4-6,9H2,1-3H3,(H2,24,25,28,30). The van der Waals surface area contributed by atoms with Crippen LogP contribution in [0, 0.1) is 12.7 Å². The van der Waals surface area contributed by atoms with E-state index in [0.717, 1.165) is 30.3 Å². The molecule has 2 heterocycles. The number of benzene rings is 1. The van der Waals surface area contributed by atoms with Crippen molar-refractivity contribution < 1.29 is 13.9 Å². The van der Waals surface area contributed by atoms with Crippen LogP contribution in [0.25, 0.3) is 11.0 Å². The van der Waals surface area contributed by atoms with Gasteiger partial charge in [-0.15, -0.1) is 0 Å². The highest BCUT2D eigenvalue weighted by atomic mass is 32.1. The number of nitrogens with zero attached hydrogens (tertiary/aromatic N) is 3. The van der Waals surface area contributed by atoms with E-state index in [2.05, 4.69) is 27.6 Å². The summed E-state index contributed by atoms with van der Waals surface area (Å²) in [6.45, 7) is 4.42. The number of nitrogens with one attached hydrogen (secondary N) is 2. The average molecular weight is 430 g/mol. The predicted octanol–water partition coefficient (Wildman–Crippen LogP) is 4.11. The van der Waals surface area contributed by atoms with E-state index >= 15 is 0 Å². The summed E-state index contributed by atoms with van der Waals surface area (Å²) in [6, 6.07) is 6.17. The Balaban J connectivity index is 1.60. The second-order valence-corrected chi connectivity index (χ2v) is 7.32. The number of pyridine rings is 1. The maximum absolute atomic E-state index is 14.2. The van der Waals surface area contributed by atoms with E-state index in [9.17, 15) is 9.18 Å². The van der Waals surface area contributed by atoms with Crippen molar-refractivity contribution in [1.29, 1.82) is 0 Å². The molecular formula is C21H24FN5O2S. The third-order valence-electron chi connectivity index (χ3n) is 4.55. The number of hydrogen-bond acceptors (Lipinski definition) is 5. The zero-order valence-electron chi connectivity index (χ0n) is 17.2. The molecule has 0 aliphatic heterocycles. The normalized spacial score (nSPS) is 10.8. The lowest BCUT2D eigenvalue weighted by Gasteiger charge is -2.12. The van der Waals surface area contributed by atoms with Crippen LogP contribution in [0.2, 0.25) is 0 Å². The minimum absolute atomic E-state index is 0.0546. The Morgan fingerprint density at radius 3 is 2.83 bits per heavy atom. The molecular weight excluding hydrogens is 405 g/mol. The molecule has 0 radical (unpaired) electrons. The fourth-order valence-corrected chi connectivity index (χ4v) is 3.21. The molecule has 0 saturated carbocycles. The van der Waals surface area contributed by atoms with Crippen molar-refractivity contribution in [2.45, 2.75) is 33.1 Å². The van der Waals surface area contributed by atoms with Crippen LogP contribution in [0.15, 0.2) is 30.5 Å². The number of anilines is 1. The number of aryl methyl sites for hydroxylation is 2. The molecule has 30 heavy (non-hydrogen) atoms. The molecule has 0 saturated heterocycles. The van der Waals surface area contributed by atoms with Crippen LogP contribution in [0.3, 0.4) is 0 Å². The molecule has 0 aliphatic carbocycles. The van der Waals surface area contributed by atoms with E-state index in [4.69, 9.17) is 17.0 Å². The number of ether oxygens (including phenoxy) is 1. The fourth-order valence-electron chi connectivity index (χ4n) is 3.00. The molecule has 2 aromatic heterocycles. The Bertz CT molecular complexity index is 1080. The first kappa shape index (κ1) is 21.6. The molecule has 0 unspecified atom stereocenters. The second kappa shape index (κ2) is 9.62. The number of carbonyl (C=O) groups excluding carboxylic acids is 1. The lowest BCUT2D eigenvalue weighted by atomic mass is 10.2. The van der Waals surface area contributed by atoms with Crippen LogP contribution in [-0.2, 0) is 7.05 Å². The molecule has 3 rings (SSSR count). The Labute approximate surface area is 179 Å². The third kappa shape index (κ3) is 5.10. The summed E-state index contributed by atoms with van der Waals surface area (Å²) < 4.78 is 21.3. The van der Waals surface area contributed by atoms with Crippen molar-refractivity contribution in [3.8, 4) is 5.75 Å². The maximum Gasteiger partial charge on any atom is 0.259 e. The molecule has 1 amide bonds. The van der Waals surface area contributed by atoms with Gasteiger partial charge in [-0.05, 0) is 43.8 Å². The highest BCUT2D eigenvalue weighted by molar-refractivity contribution is 7.80. The summed E-state index contributed by atoms with van der Waals surface area (Å²) in [5, 5.41) is 10.5. The van der Waals surface area contributed by atoms with Crippen LogP contribution < -0.4 is 15.4 Å². The predicted molar refractivity (Wildman–Crippen MR) is 118 cm³/mol. The zero-order valence-corrected chi connectivity index (χ0v) is 18.0. The monoisotopic (exact) mass is 429 g/mol. The summed E-state index contributed by atoms with van der Waals surface area (Å²) in [5.41, 5.74) is 2.24. The van der Waals surface area contributed by atoms with E-state index in [1.807, 2.05) is 6.92 Å². The van der Waals surface area contributed by atoms with Crippen LogP contribution in [-0.4, -0.2) is 32.4 Å². The van der Waals surface area contributed by atoms with Crippen LogP contribution in [0.4, 0.5) is 10.1 Å². The molecule has 1 aromatic carbocycles.